The molecule has 4 aromatic rings. The van der Waals surface area contributed by atoms with Gasteiger partial charge in [0.1, 0.15) is 17.2 Å². The van der Waals surface area contributed by atoms with Gasteiger partial charge >= 0.3 is 0 Å². The van der Waals surface area contributed by atoms with Crippen LogP contribution in [0.3, 0.4) is 0 Å². The Morgan fingerprint density at radius 3 is 2.41 bits per heavy atom. The van der Waals surface area contributed by atoms with Gasteiger partial charge in [-0.2, -0.15) is 4.98 Å². The molecule has 0 aliphatic carbocycles. The molecule has 11 nitrogen and oxygen atoms in total. The highest BCUT2D eigenvalue weighted by atomic mass is 35.5. The number of pyridine rings is 1. The van der Waals surface area contributed by atoms with E-state index in [1.165, 1.54) is 0 Å². The Kier molecular flexibility index (Phi) is 7.55. The topological polar surface area (TPSA) is 103 Å². The van der Waals surface area contributed by atoms with E-state index in [9.17, 15) is 9.90 Å². The number of hydrogen-bond donors (Lipinski definition) is 1. The van der Waals surface area contributed by atoms with E-state index in [4.69, 9.17) is 26.3 Å². The van der Waals surface area contributed by atoms with Crippen LogP contribution in [0.1, 0.15) is 12.5 Å². The number of fused-ring (bicyclic) bond motifs is 1. The number of nitrogens with zero attached hydrogens (tertiary/aromatic N) is 8. The van der Waals surface area contributed by atoms with Crippen LogP contribution in [0.25, 0.3) is 16.9 Å². The van der Waals surface area contributed by atoms with Gasteiger partial charge in [-0.05, 0) is 29.8 Å². The predicted octanol–water partition coefficient (Wildman–Crippen LogP) is 2.94. The molecule has 0 radical (unpaired) electrons. The second-order valence-electron chi connectivity index (χ2n) is 10.3. The molecule has 2 fully saturated rings. The van der Waals surface area contributed by atoms with Crippen LogP contribution in [0.15, 0.2) is 48.9 Å². The van der Waals surface area contributed by atoms with E-state index < -0.39 is 0 Å². The first-order valence-electron chi connectivity index (χ1n) is 13.7. The summed E-state index contributed by atoms with van der Waals surface area (Å²) < 4.78 is 7.28. The Morgan fingerprint density at radius 1 is 0.976 bits per heavy atom. The van der Waals surface area contributed by atoms with Gasteiger partial charge in [0.2, 0.25) is 11.9 Å². The number of benzene rings is 1. The number of piperazine rings is 2. The Morgan fingerprint density at radius 2 is 1.71 bits per heavy atom. The van der Waals surface area contributed by atoms with E-state index in [0.717, 1.165) is 73.6 Å². The lowest BCUT2D eigenvalue weighted by molar-refractivity contribution is -0.129. The number of hydrogen-bond acceptors (Lipinski definition) is 9. The molecular weight excluding hydrogens is 544 g/mol. The molecule has 1 N–H and O–H groups in total. The van der Waals surface area contributed by atoms with E-state index in [2.05, 4.69) is 31.8 Å². The van der Waals surface area contributed by atoms with Gasteiger partial charge in [0, 0.05) is 95.2 Å². The average Bonchev–Trinajstić information content (AvgIpc) is 3.44. The van der Waals surface area contributed by atoms with Gasteiger partial charge in [-0.3, -0.25) is 4.79 Å². The average molecular weight is 577 g/mol. The maximum Gasteiger partial charge on any atom is 0.227 e. The van der Waals surface area contributed by atoms with Crippen molar-refractivity contribution in [2.75, 3.05) is 74.2 Å². The molecule has 2 saturated heterocycles. The van der Waals surface area contributed by atoms with Crippen molar-refractivity contribution in [1.29, 1.82) is 0 Å². The van der Waals surface area contributed by atoms with E-state index in [-0.39, 0.29) is 12.5 Å². The zero-order valence-electron chi connectivity index (χ0n) is 23.2. The van der Waals surface area contributed by atoms with Crippen LogP contribution < -0.4 is 19.4 Å². The lowest BCUT2D eigenvalue weighted by Gasteiger charge is -2.37. The van der Waals surface area contributed by atoms with Gasteiger partial charge in [0.25, 0.3) is 0 Å². The third-order valence-corrected chi connectivity index (χ3v) is 8.17. The number of halogens is 1. The molecule has 0 spiro atoms. The van der Waals surface area contributed by atoms with E-state index >= 15 is 0 Å². The monoisotopic (exact) mass is 576 g/mol. The fraction of sp³-hybridized carbons (Fsp3) is 0.379. The fourth-order valence-corrected chi connectivity index (χ4v) is 5.74. The van der Waals surface area contributed by atoms with Crippen molar-refractivity contribution in [3.05, 3.63) is 59.5 Å². The standard InChI is InChI=1S/C29H33ClN8O3/c1-20(40)34-7-11-36(12-8-34)27-3-5-31-29(33-27)37-13-9-35(10-14-37)22-4-6-38-18-25(32-28(38)16-22)23-17-24(30)26(41-2)15-21(23)19-39/h3-6,15-18,39H,7-14,19H2,1-2H3. The number of carbonyl (C=O) groups excluding carboxylic acids is 1. The largest absolute Gasteiger partial charge is 0.495 e. The van der Waals surface area contributed by atoms with Crippen LogP contribution >= 0.6 is 11.6 Å². The van der Waals surface area contributed by atoms with Gasteiger partial charge in [0.15, 0.2) is 0 Å². The lowest BCUT2D eigenvalue weighted by atomic mass is 10.1. The molecule has 2 aliphatic rings. The smallest absolute Gasteiger partial charge is 0.227 e. The predicted molar refractivity (Wildman–Crippen MR) is 159 cm³/mol. The first-order chi connectivity index (χ1) is 19.9. The summed E-state index contributed by atoms with van der Waals surface area (Å²) in [5, 5.41) is 10.4. The van der Waals surface area contributed by atoms with Gasteiger partial charge in [0.05, 0.1) is 24.4 Å². The molecule has 214 valence electrons. The molecule has 1 aromatic carbocycles. The molecule has 0 bridgehead atoms. The van der Waals surface area contributed by atoms with Crippen LogP contribution in [-0.2, 0) is 11.4 Å². The zero-order valence-corrected chi connectivity index (χ0v) is 24.0. The zero-order chi connectivity index (χ0) is 28.5. The Balaban J connectivity index is 1.14. The summed E-state index contributed by atoms with van der Waals surface area (Å²) in [4.78, 5) is 34.6. The number of imidazole rings is 1. The summed E-state index contributed by atoms with van der Waals surface area (Å²) in [5.74, 6) is 2.29. The molecular formula is C29H33ClN8O3. The third-order valence-electron chi connectivity index (χ3n) is 7.87. The maximum absolute atomic E-state index is 11.7. The molecule has 1 amide bonds. The lowest BCUT2D eigenvalue weighted by Crippen LogP contribution is -2.49. The van der Waals surface area contributed by atoms with Gasteiger partial charge in [-0.25, -0.2) is 9.97 Å². The van der Waals surface area contributed by atoms with Gasteiger partial charge < -0.3 is 33.8 Å². The van der Waals surface area contributed by atoms with Crippen molar-refractivity contribution in [3.63, 3.8) is 0 Å². The molecule has 41 heavy (non-hydrogen) atoms. The number of aromatic nitrogens is 4. The summed E-state index contributed by atoms with van der Waals surface area (Å²) in [6, 6.07) is 9.67. The fourth-order valence-electron chi connectivity index (χ4n) is 5.50. The van der Waals surface area contributed by atoms with Crippen molar-refractivity contribution in [3.8, 4) is 17.0 Å². The minimum absolute atomic E-state index is 0.122. The number of amides is 1. The van der Waals surface area contributed by atoms with Gasteiger partial charge in [-0.15, -0.1) is 0 Å². The Bertz CT molecular complexity index is 1560. The number of aliphatic hydroxyl groups is 1. The summed E-state index contributed by atoms with van der Waals surface area (Å²) in [5.41, 5.74) is 4.13. The molecule has 2 aliphatic heterocycles. The molecule has 5 heterocycles. The highest BCUT2D eigenvalue weighted by molar-refractivity contribution is 6.32. The Labute approximate surface area is 243 Å². The quantitative estimate of drug-likeness (QED) is 0.371. The summed E-state index contributed by atoms with van der Waals surface area (Å²) in [7, 11) is 1.55. The summed E-state index contributed by atoms with van der Waals surface area (Å²) in [6.45, 7) is 7.72. The Hall–Kier alpha value is -4.09. The molecule has 0 atom stereocenters. The molecule has 6 rings (SSSR count). The van der Waals surface area contributed by atoms with Crippen molar-refractivity contribution >= 4 is 40.6 Å². The summed E-state index contributed by atoms with van der Waals surface area (Å²) >= 11 is 6.38. The molecule has 12 heteroatoms. The van der Waals surface area contributed by atoms with Crippen molar-refractivity contribution < 1.29 is 14.6 Å². The molecule has 3 aromatic heterocycles. The number of anilines is 3. The second-order valence-corrected chi connectivity index (χ2v) is 10.7. The number of ether oxygens (including phenoxy) is 1. The normalized spacial score (nSPS) is 16.0. The van der Waals surface area contributed by atoms with E-state index in [0.29, 0.717) is 29.4 Å². The number of methoxy groups -OCH3 is 1. The third kappa shape index (κ3) is 5.47. The SMILES string of the molecule is COc1cc(CO)c(-c2cn3ccc(N4CCN(c5nccc(N6CCN(C(C)=O)CC6)n5)CC4)cc3n2)cc1Cl. The van der Waals surface area contributed by atoms with Gasteiger partial charge in [-0.1, -0.05) is 11.6 Å². The van der Waals surface area contributed by atoms with Crippen molar-refractivity contribution in [1.82, 2.24) is 24.3 Å². The summed E-state index contributed by atoms with van der Waals surface area (Å²) in [6.07, 6.45) is 5.78. The first kappa shape index (κ1) is 27.1. The van der Waals surface area contributed by atoms with E-state index in [1.807, 2.05) is 34.0 Å². The minimum atomic E-state index is -0.143. The van der Waals surface area contributed by atoms with Crippen LogP contribution in [0, 0.1) is 0 Å². The van der Waals surface area contributed by atoms with Crippen molar-refractivity contribution in [2.24, 2.45) is 0 Å². The maximum atomic E-state index is 11.7. The number of rotatable bonds is 6. The first-order valence-corrected chi connectivity index (χ1v) is 14.1. The number of carbonyl (C=O) groups is 1. The van der Waals surface area contributed by atoms with Crippen LogP contribution in [0.4, 0.5) is 17.5 Å². The number of aliphatic hydroxyl groups excluding tert-OH is 1. The second kappa shape index (κ2) is 11.4. The van der Waals surface area contributed by atoms with Crippen LogP contribution in [0.2, 0.25) is 5.02 Å². The highest BCUT2D eigenvalue weighted by Crippen LogP contribution is 2.34. The molecule has 0 saturated carbocycles. The molecule has 0 unspecified atom stereocenters. The van der Waals surface area contributed by atoms with Crippen LogP contribution in [0.5, 0.6) is 5.75 Å². The minimum Gasteiger partial charge on any atom is -0.495 e. The van der Waals surface area contributed by atoms with Crippen molar-refractivity contribution in [2.45, 2.75) is 13.5 Å². The highest BCUT2D eigenvalue weighted by Gasteiger charge is 2.23. The van der Waals surface area contributed by atoms with Crippen LogP contribution in [-0.4, -0.2) is 94.7 Å². The van der Waals surface area contributed by atoms with E-state index in [1.54, 1.807) is 26.2 Å².